The highest BCUT2D eigenvalue weighted by molar-refractivity contribution is 5.85. The molecule has 1 aromatic rings. The molecule has 4 nitrogen and oxygen atoms in total. The van der Waals surface area contributed by atoms with Crippen LogP contribution >= 0.6 is 0 Å². The molecule has 0 heterocycles. The summed E-state index contributed by atoms with van der Waals surface area (Å²) in [6.07, 6.45) is 1.42. The molecule has 0 aliphatic rings. The first-order chi connectivity index (χ1) is 8.60. The predicted octanol–water partition coefficient (Wildman–Crippen LogP) is 2.36. The first-order valence-corrected chi connectivity index (χ1v) is 6.18. The summed E-state index contributed by atoms with van der Waals surface area (Å²) in [7, 11) is 0. The van der Waals surface area contributed by atoms with Gasteiger partial charge in [-0.2, -0.15) is 0 Å². The van der Waals surface area contributed by atoms with Gasteiger partial charge in [-0.1, -0.05) is 44.2 Å². The fraction of sp³-hybridized carbons (Fsp3) is 0.429. The van der Waals surface area contributed by atoms with Crippen LogP contribution in [-0.2, 0) is 9.59 Å². The topological polar surface area (TPSA) is 66.4 Å². The van der Waals surface area contributed by atoms with Crippen molar-refractivity contribution in [3.63, 3.8) is 0 Å². The zero-order valence-electron chi connectivity index (χ0n) is 10.7. The van der Waals surface area contributed by atoms with Gasteiger partial charge in [0, 0.05) is 5.92 Å². The van der Waals surface area contributed by atoms with Gasteiger partial charge in [0.2, 0.25) is 5.91 Å². The van der Waals surface area contributed by atoms with Gasteiger partial charge in [-0.05, 0) is 18.4 Å². The van der Waals surface area contributed by atoms with E-state index in [1.54, 1.807) is 24.3 Å². The van der Waals surface area contributed by atoms with E-state index in [4.69, 9.17) is 0 Å². The second kappa shape index (κ2) is 6.79. The van der Waals surface area contributed by atoms with Gasteiger partial charge in [-0.25, -0.2) is 4.79 Å². The molecule has 0 saturated carbocycles. The maximum atomic E-state index is 11.9. The number of amides is 1. The molecule has 1 aromatic carbocycles. The van der Waals surface area contributed by atoms with E-state index in [1.165, 1.54) is 0 Å². The average molecular weight is 249 g/mol. The molecule has 2 N–H and O–H groups in total. The van der Waals surface area contributed by atoms with Crippen molar-refractivity contribution in [3.8, 4) is 0 Å². The Kier molecular flexibility index (Phi) is 5.36. The number of carboxylic acids is 1. The summed E-state index contributed by atoms with van der Waals surface area (Å²) in [6.45, 7) is 3.85. The largest absolute Gasteiger partial charge is 0.479 e. The molecule has 4 heteroatoms. The lowest BCUT2D eigenvalue weighted by Gasteiger charge is -2.18. The minimum absolute atomic E-state index is 0.129. The number of hydrogen-bond donors (Lipinski definition) is 2. The van der Waals surface area contributed by atoms with Crippen LogP contribution in [0.15, 0.2) is 30.3 Å². The molecule has 1 unspecified atom stereocenters. The van der Waals surface area contributed by atoms with E-state index in [1.807, 2.05) is 19.9 Å². The van der Waals surface area contributed by atoms with Gasteiger partial charge in [0.15, 0.2) is 6.04 Å². The lowest BCUT2D eigenvalue weighted by molar-refractivity contribution is -0.142. The van der Waals surface area contributed by atoms with Gasteiger partial charge >= 0.3 is 5.97 Å². The zero-order chi connectivity index (χ0) is 13.5. The Labute approximate surface area is 107 Å². The minimum atomic E-state index is -1.04. The summed E-state index contributed by atoms with van der Waals surface area (Å²) in [5.74, 6) is -1.37. The molecular weight excluding hydrogens is 230 g/mol. The molecule has 0 aromatic heterocycles. The number of carbonyl (C=O) groups excluding carboxylic acids is 1. The van der Waals surface area contributed by atoms with Crippen LogP contribution in [0.5, 0.6) is 0 Å². The van der Waals surface area contributed by atoms with Gasteiger partial charge in [0.05, 0.1) is 0 Å². The average Bonchev–Trinajstić information content (AvgIpc) is 2.38. The van der Waals surface area contributed by atoms with Crippen LogP contribution < -0.4 is 5.32 Å². The lowest BCUT2D eigenvalue weighted by atomic mass is 10.0. The molecule has 0 bridgehead atoms. The quantitative estimate of drug-likeness (QED) is 0.813. The summed E-state index contributed by atoms with van der Waals surface area (Å²) in [4.78, 5) is 23.1. The van der Waals surface area contributed by atoms with Crippen LogP contribution in [0.2, 0.25) is 0 Å². The van der Waals surface area contributed by atoms with Crippen molar-refractivity contribution in [1.82, 2.24) is 5.32 Å². The van der Waals surface area contributed by atoms with Crippen LogP contribution in [0.1, 0.15) is 38.3 Å². The third-order valence-electron chi connectivity index (χ3n) is 3.02. The molecule has 18 heavy (non-hydrogen) atoms. The Morgan fingerprint density at radius 3 is 2.17 bits per heavy atom. The number of benzene rings is 1. The van der Waals surface area contributed by atoms with Crippen LogP contribution in [0.25, 0.3) is 0 Å². The zero-order valence-corrected chi connectivity index (χ0v) is 10.7. The monoisotopic (exact) mass is 249 g/mol. The molecule has 98 valence electrons. The second-order valence-electron chi connectivity index (χ2n) is 4.20. The Bertz CT molecular complexity index is 399. The van der Waals surface area contributed by atoms with E-state index in [2.05, 4.69) is 5.32 Å². The molecule has 1 rings (SSSR count). The Morgan fingerprint density at radius 2 is 1.72 bits per heavy atom. The molecule has 0 fully saturated rings. The van der Waals surface area contributed by atoms with Gasteiger partial charge in [0.25, 0.3) is 0 Å². The van der Waals surface area contributed by atoms with E-state index in [9.17, 15) is 14.7 Å². The number of carbonyl (C=O) groups is 2. The van der Waals surface area contributed by atoms with E-state index >= 15 is 0 Å². The number of aliphatic carboxylic acids is 1. The SMILES string of the molecule is CCC(CC)C(=O)NC(C(=O)O)c1ccccc1. The number of rotatable bonds is 6. The van der Waals surface area contributed by atoms with E-state index in [0.717, 1.165) is 0 Å². The smallest absolute Gasteiger partial charge is 0.330 e. The van der Waals surface area contributed by atoms with Gasteiger partial charge in [-0.3, -0.25) is 4.79 Å². The molecule has 0 aliphatic carbocycles. The molecule has 1 amide bonds. The minimum Gasteiger partial charge on any atom is -0.479 e. The molecule has 1 atom stereocenters. The van der Waals surface area contributed by atoms with Crippen molar-refractivity contribution in [2.24, 2.45) is 5.92 Å². The summed E-state index contributed by atoms with van der Waals surface area (Å²) >= 11 is 0. The highest BCUT2D eigenvalue weighted by Gasteiger charge is 2.24. The Morgan fingerprint density at radius 1 is 1.17 bits per heavy atom. The van der Waals surface area contributed by atoms with Crippen LogP contribution in [0.4, 0.5) is 0 Å². The number of hydrogen-bond acceptors (Lipinski definition) is 2. The maximum absolute atomic E-state index is 11.9. The van der Waals surface area contributed by atoms with Crippen molar-refractivity contribution in [2.75, 3.05) is 0 Å². The van der Waals surface area contributed by atoms with Crippen molar-refractivity contribution in [1.29, 1.82) is 0 Å². The molecule has 0 radical (unpaired) electrons. The van der Waals surface area contributed by atoms with E-state index in [-0.39, 0.29) is 11.8 Å². The van der Waals surface area contributed by atoms with E-state index in [0.29, 0.717) is 18.4 Å². The Hall–Kier alpha value is -1.84. The third-order valence-corrected chi connectivity index (χ3v) is 3.02. The first kappa shape index (κ1) is 14.2. The first-order valence-electron chi connectivity index (χ1n) is 6.18. The number of nitrogens with one attached hydrogen (secondary N) is 1. The Balaban J connectivity index is 2.82. The maximum Gasteiger partial charge on any atom is 0.330 e. The summed E-state index contributed by atoms with van der Waals surface area (Å²) in [5, 5.41) is 11.8. The summed E-state index contributed by atoms with van der Waals surface area (Å²) in [5.41, 5.74) is 0.587. The van der Waals surface area contributed by atoms with Crippen molar-refractivity contribution in [3.05, 3.63) is 35.9 Å². The van der Waals surface area contributed by atoms with Crippen molar-refractivity contribution < 1.29 is 14.7 Å². The standard InChI is InChI=1S/C14H19NO3/c1-3-10(4-2)13(16)15-12(14(17)18)11-8-6-5-7-9-11/h5-10,12H,3-4H2,1-2H3,(H,15,16)(H,17,18). The normalized spacial score (nSPS) is 12.2. The van der Waals surface area contributed by atoms with Crippen LogP contribution in [-0.4, -0.2) is 17.0 Å². The van der Waals surface area contributed by atoms with Gasteiger partial charge < -0.3 is 10.4 Å². The lowest BCUT2D eigenvalue weighted by Crippen LogP contribution is -2.37. The fourth-order valence-electron chi connectivity index (χ4n) is 1.85. The molecule has 0 aliphatic heterocycles. The second-order valence-corrected chi connectivity index (χ2v) is 4.20. The highest BCUT2D eigenvalue weighted by atomic mass is 16.4. The van der Waals surface area contributed by atoms with Crippen LogP contribution in [0.3, 0.4) is 0 Å². The summed E-state index contributed by atoms with van der Waals surface area (Å²) < 4.78 is 0. The molecular formula is C14H19NO3. The predicted molar refractivity (Wildman–Crippen MR) is 69.0 cm³/mol. The van der Waals surface area contributed by atoms with Gasteiger partial charge in [-0.15, -0.1) is 0 Å². The van der Waals surface area contributed by atoms with Crippen molar-refractivity contribution >= 4 is 11.9 Å². The third kappa shape index (κ3) is 3.58. The number of carboxylic acid groups (broad SMARTS) is 1. The summed E-state index contributed by atoms with van der Waals surface area (Å²) in [6, 6.07) is 7.76. The van der Waals surface area contributed by atoms with E-state index < -0.39 is 12.0 Å². The molecule has 0 spiro atoms. The molecule has 0 saturated heterocycles. The highest BCUT2D eigenvalue weighted by Crippen LogP contribution is 2.15. The fourth-order valence-corrected chi connectivity index (χ4v) is 1.85. The van der Waals surface area contributed by atoms with Gasteiger partial charge in [0.1, 0.15) is 0 Å². The van der Waals surface area contributed by atoms with Crippen LogP contribution in [0, 0.1) is 5.92 Å². The van der Waals surface area contributed by atoms with Crippen molar-refractivity contribution in [2.45, 2.75) is 32.7 Å².